The van der Waals surface area contributed by atoms with E-state index >= 15 is 0 Å². The lowest BCUT2D eigenvalue weighted by molar-refractivity contribution is 0.0594. The summed E-state index contributed by atoms with van der Waals surface area (Å²) in [7, 11) is 0. The fraction of sp³-hybridized carbons (Fsp3) is 0.852. The summed E-state index contributed by atoms with van der Waals surface area (Å²) in [4.78, 5) is 2.77. The first-order valence-corrected chi connectivity index (χ1v) is 12.9. The van der Waals surface area contributed by atoms with Crippen LogP contribution in [0.4, 0.5) is 0 Å². The second kappa shape index (κ2) is 9.46. The SMILES string of the molecule is C[C@H](CN1CCCC[C@H]1C)[C@H]1CC[C@H]2/C(=C/C=C3C[C@@H](O)C[C@H](O)C3)CCC[C@]12C. The topological polar surface area (TPSA) is 43.7 Å². The maximum atomic E-state index is 10.0. The fourth-order valence-corrected chi connectivity index (χ4v) is 7.67. The summed E-state index contributed by atoms with van der Waals surface area (Å²) < 4.78 is 0. The van der Waals surface area contributed by atoms with Gasteiger partial charge in [0.1, 0.15) is 0 Å². The highest BCUT2D eigenvalue weighted by atomic mass is 16.3. The lowest BCUT2D eigenvalue weighted by Gasteiger charge is -2.46. The van der Waals surface area contributed by atoms with Crippen LogP contribution < -0.4 is 0 Å². The average molecular weight is 416 g/mol. The summed E-state index contributed by atoms with van der Waals surface area (Å²) in [5.41, 5.74) is 3.32. The van der Waals surface area contributed by atoms with E-state index < -0.39 is 0 Å². The van der Waals surface area contributed by atoms with Gasteiger partial charge in [-0.1, -0.05) is 43.6 Å². The molecule has 3 nitrogen and oxygen atoms in total. The van der Waals surface area contributed by atoms with Gasteiger partial charge in [-0.15, -0.1) is 0 Å². The van der Waals surface area contributed by atoms with E-state index in [-0.39, 0.29) is 12.2 Å². The predicted octanol–water partition coefficient (Wildman–Crippen LogP) is 5.47. The summed E-state index contributed by atoms with van der Waals surface area (Å²) >= 11 is 0. The molecule has 0 aromatic rings. The summed E-state index contributed by atoms with van der Waals surface area (Å²) in [6, 6.07) is 0.765. The van der Waals surface area contributed by atoms with Gasteiger partial charge in [0, 0.05) is 12.6 Å². The number of piperidine rings is 1. The molecule has 170 valence electrons. The minimum atomic E-state index is -0.371. The van der Waals surface area contributed by atoms with E-state index in [0.29, 0.717) is 11.8 Å². The van der Waals surface area contributed by atoms with Gasteiger partial charge in [0.05, 0.1) is 12.2 Å². The second-order valence-corrected chi connectivity index (χ2v) is 11.4. The molecule has 0 bridgehead atoms. The molecule has 3 saturated carbocycles. The normalized spacial score (nSPS) is 42.9. The molecule has 0 aromatic carbocycles. The van der Waals surface area contributed by atoms with E-state index in [1.165, 1.54) is 70.0 Å². The molecule has 7 atom stereocenters. The number of allylic oxidation sites excluding steroid dienone is 3. The zero-order valence-corrected chi connectivity index (χ0v) is 19.7. The Labute approximate surface area is 184 Å². The summed E-state index contributed by atoms with van der Waals surface area (Å²) in [6.07, 6.45) is 16.7. The molecule has 4 rings (SSSR count). The predicted molar refractivity (Wildman–Crippen MR) is 124 cm³/mol. The molecule has 0 unspecified atom stereocenters. The summed E-state index contributed by atoms with van der Waals surface area (Å²) in [5, 5.41) is 20.0. The summed E-state index contributed by atoms with van der Waals surface area (Å²) in [6.45, 7) is 10.1. The molecule has 4 fully saturated rings. The third-order valence-corrected chi connectivity index (χ3v) is 9.26. The first-order valence-electron chi connectivity index (χ1n) is 12.9. The van der Waals surface area contributed by atoms with E-state index in [9.17, 15) is 10.2 Å². The van der Waals surface area contributed by atoms with Gasteiger partial charge in [0.2, 0.25) is 0 Å². The molecular formula is C27H45NO2. The van der Waals surface area contributed by atoms with Crippen molar-refractivity contribution in [3.63, 3.8) is 0 Å². The van der Waals surface area contributed by atoms with Crippen LogP contribution >= 0.6 is 0 Å². The van der Waals surface area contributed by atoms with E-state index in [4.69, 9.17) is 0 Å². The Morgan fingerprint density at radius 3 is 2.57 bits per heavy atom. The van der Waals surface area contributed by atoms with Crippen LogP contribution in [0.1, 0.15) is 91.4 Å². The molecule has 3 aliphatic carbocycles. The summed E-state index contributed by atoms with van der Waals surface area (Å²) in [5.74, 6) is 2.35. The number of rotatable bonds is 4. The zero-order chi connectivity index (χ0) is 21.3. The third-order valence-electron chi connectivity index (χ3n) is 9.26. The number of fused-ring (bicyclic) bond motifs is 1. The smallest absolute Gasteiger partial charge is 0.0602 e. The zero-order valence-electron chi connectivity index (χ0n) is 19.7. The molecule has 30 heavy (non-hydrogen) atoms. The van der Waals surface area contributed by atoms with E-state index in [2.05, 4.69) is 37.8 Å². The first-order chi connectivity index (χ1) is 14.4. The van der Waals surface area contributed by atoms with E-state index in [0.717, 1.165) is 36.6 Å². The number of aliphatic hydroxyl groups is 2. The van der Waals surface area contributed by atoms with Gasteiger partial charge >= 0.3 is 0 Å². The van der Waals surface area contributed by atoms with Crippen molar-refractivity contribution in [2.75, 3.05) is 13.1 Å². The highest BCUT2D eigenvalue weighted by Crippen LogP contribution is 2.59. The number of hydrogen-bond acceptors (Lipinski definition) is 3. The van der Waals surface area contributed by atoms with E-state index in [1.807, 2.05) is 0 Å². The quantitative estimate of drug-likeness (QED) is 0.640. The molecule has 0 radical (unpaired) electrons. The molecule has 0 aromatic heterocycles. The highest BCUT2D eigenvalue weighted by molar-refractivity contribution is 5.26. The number of nitrogens with zero attached hydrogens (tertiary/aromatic N) is 1. The van der Waals surface area contributed by atoms with Crippen LogP contribution in [0.2, 0.25) is 0 Å². The fourth-order valence-electron chi connectivity index (χ4n) is 7.67. The lowest BCUT2D eigenvalue weighted by Crippen LogP contribution is -2.44. The van der Waals surface area contributed by atoms with Crippen molar-refractivity contribution in [1.82, 2.24) is 4.90 Å². The Kier molecular flexibility index (Phi) is 7.11. The Hall–Kier alpha value is -0.640. The van der Waals surface area contributed by atoms with Gasteiger partial charge in [-0.25, -0.2) is 0 Å². The van der Waals surface area contributed by atoms with Crippen LogP contribution in [0.15, 0.2) is 23.3 Å². The molecule has 4 aliphatic rings. The Morgan fingerprint density at radius 2 is 1.83 bits per heavy atom. The van der Waals surface area contributed by atoms with Gasteiger partial charge in [0.25, 0.3) is 0 Å². The van der Waals surface area contributed by atoms with Crippen LogP contribution in [0, 0.1) is 23.2 Å². The van der Waals surface area contributed by atoms with Crippen molar-refractivity contribution in [2.45, 2.75) is 110 Å². The van der Waals surface area contributed by atoms with Crippen LogP contribution in [0.5, 0.6) is 0 Å². The number of hydrogen-bond donors (Lipinski definition) is 2. The minimum absolute atomic E-state index is 0.371. The maximum Gasteiger partial charge on any atom is 0.0602 e. The van der Waals surface area contributed by atoms with Gasteiger partial charge in [-0.2, -0.15) is 0 Å². The van der Waals surface area contributed by atoms with Crippen molar-refractivity contribution in [3.05, 3.63) is 23.3 Å². The molecule has 1 heterocycles. The standard InChI is InChI=1S/C27H45NO2/c1-19(18-28-14-5-4-7-20(28)2)25-11-12-26-22(8-6-13-27(25,26)3)10-9-21-15-23(29)17-24(30)16-21/h9-10,19-20,23-26,29-30H,4-8,11-18H2,1-3H3/b22-10+/t19-,20-,23-,24-,25-,26+,27-/m1/s1. The van der Waals surface area contributed by atoms with Gasteiger partial charge in [0.15, 0.2) is 0 Å². The Morgan fingerprint density at radius 1 is 1.07 bits per heavy atom. The van der Waals surface area contributed by atoms with Crippen LogP contribution in [0.25, 0.3) is 0 Å². The molecule has 3 heteroatoms. The molecule has 1 saturated heterocycles. The van der Waals surface area contributed by atoms with Gasteiger partial charge < -0.3 is 15.1 Å². The van der Waals surface area contributed by atoms with Crippen molar-refractivity contribution in [1.29, 1.82) is 0 Å². The highest BCUT2D eigenvalue weighted by Gasteiger charge is 2.50. The van der Waals surface area contributed by atoms with Gasteiger partial charge in [-0.05, 0) is 101 Å². The van der Waals surface area contributed by atoms with Crippen molar-refractivity contribution < 1.29 is 10.2 Å². The number of aliphatic hydroxyl groups excluding tert-OH is 2. The largest absolute Gasteiger partial charge is 0.393 e. The lowest BCUT2D eigenvalue weighted by atomic mass is 9.61. The Balaban J connectivity index is 1.45. The second-order valence-electron chi connectivity index (χ2n) is 11.4. The van der Waals surface area contributed by atoms with Crippen molar-refractivity contribution >= 4 is 0 Å². The average Bonchev–Trinajstić information content (AvgIpc) is 3.05. The van der Waals surface area contributed by atoms with Crippen molar-refractivity contribution in [2.24, 2.45) is 23.2 Å². The molecule has 0 amide bonds. The molecule has 2 N–H and O–H groups in total. The number of likely N-dealkylation sites (tertiary alicyclic amines) is 1. The molecule has 1 aliphatic heterocycles. The molecule has 0 spiro atoms. The monoisotopic (exact) mass is 415 g/mol. The third kappa shape index (κ3) is 4.74. The van der Waals surface area contributed by atoms with Gasteiger partial charge in [-0.3, -0.25) is 0 Å². The molecular weight excluding hydrogens is 370 g/mol. The Bertz CT molecular complexity index is 643. The van der Waals surface area contributed by atoms with Crippen LogP contribution in [0.3, 0.4) is 0 Å². The van der Waals surface area contributed by atoms with Crippen LogP contribution in [-0.4, -0.2) is 46.5 Å². The van der Waals surface area contributed by atoms with Crippen LogP contribution in [-0.2, 0) is 0 Å². The maximum absolute atomic E-state index is 10.0. The minimum Gasteiger partial charge on any atom is -0.393 e. The van der Waals surface area contributed by atoms with Crippen molar-refractivity contribution in [3.8, 4) is 0 Å². The first kappa shape index (κ1) is 22.6. The van der Waals surface area contributed by atoms with E-state index in [1.54, 1.807) is 5.57 Å².